The van der Waals surface area contributed by atoms with E-state index in [9.17, 15) is 8.78 Å². The van der Waals surface area contributed by atoms with Crippen molar-refractivity contribution in [1.82, 2.24) is 24.9 Å². The van der Waals surface area contributed by atoms with Crippen molar-refractivity contribution < 1.29 is 18.3 Å². The molecule has 0 bridgehead atoms. The van der Waals surface area contributed by atoms with Crippen LogP contribution in [-0.4, -0.2) is 38.6 Å². The van der Waals surface area contributed by atoms with E-state index in [2.05, 4.69) is 30.2 Å². The lowest BCUT2D eigenvalue weighted by atomic mass is 10.1. The number of methoxy groups -OCH3 is 1. The van der Waals surface area contributed by atoms with Gasteiger partial charge in [-0.15, -0.1) is 0 Å². The van der Waals surface area contributed by atoms with E-state index in [0.717, 1.165) is 12.5 Å². The third-order valence-electron chi connectivity index (χ3n) is 4.66. The fourth-order valence-corrected chi connectivity index (χ4v) is 3.05. The van der Waals surface area contributed by atoms with E-state index in [1.807, 2.05) is 12.1 Å². The van der Waals surface area contributed by atoms with Gasteiger partial charge in [0, 0.05) is 43.7 Å². The molecule has 10 heteroatoms. The average molecular weight is 438 g/mol. The predicted molar refractivity (Wildman–Crippen MR) is 114 cm³/mol. The predicted octanol–water partition coefficient (Wildman–Crippen LogP) is 4.38. The lowest BCUT2D eigenvalue weighted by Gasteiger charge is -2.14. The third-order valence-corrected chi connectivity index (χ3v) is 4.66. The first kappa shape index (κ1) is 21.3. The maximum absolute atomic E-state index is 13.6. The molecule has 0 radical (unpaired) electrons. The molecule has 0 unspecified atom stereocenters. The second-order valence-electron chi connectivity index (χ2n) is 6.99. The van der Waals surface area contributed by atoms with Gasteiger partial charge in [0.2, 0.25) is 5.88 Å². The molecule has 1 N–H and O–H groups in total. The smallest absolute Gasteiger partial charge is 0.270 e. The van der Waals surface area contributed by atoms with Gasteiger partial charge in [-0.1, -0.05) is 6.07 Å². The maximum Gasteiger partial charge on any atom is 0.270 e. The van der Waals surface area contributed by atoms with Crippen LogP contribution >= 0.6 is 0 Å². The van der Waals surface area contributed by atoms with Gasteiger partial charge in [0.15, 0.2) is 23.0 Å². The Bertz CT molecular complexity index is 1230. The van der Waals surface area contributed by atoms with Crippen molar-refractivity contribution in [3.05, 3.63) is 66.4 Å². The highest BCUT2D eigenvalue weighted by Crippen LogP contribution is 2.34. The van der Waals surface area contributed by atoms with E-state index < -0.39 is 5.92 Å². The van der Waals surface area contributed by atoms with Gasteiger partial charge in [-0.05, 0) is 30.2 Å². The Hall–Kier alpha value is -3.95. The Balaban J connectivity index is 1.44. The van der Waals surface area contributed by atoms with Gasteiger partial charge < -0.3 is 14.8 Å². The summed E-state index contributed by atoms with van der Waals surface area (Å²) >= 11 is 0. The Labute approximate surface area is 182 Å². The Morgan fingerprint density at radius 2 is 1.78 bits per heavy atom. The van der Waals surface area contributed by atoms with E-state index >= 15 is 0 Å². The molecule has 32 heavy (non-hydrogen) atoms. The van der Waals surface area contributed by atoms with Crippen molar-refractivity contribution >= 4 is 17.0 Å². The van der Waals surface area contributed by atoms with Gasteiger partial charge in [-0.25, -0.2) is 33.7 Å². The molecule has 4 rings (SSSR count). The Morgan fingerprint density at radius 1 is 0.938 bits per heavy atom. The summed E-state index contributed by atoms with van der Waals surface area (Å²) < 4.78 is 38.3. The fraction of sp³-hybridized carbons (Fsp3) is 0.227. The lowest BCUT2D eigenvalue weighted by molar-refractivity contribution is 0.0171. The Morgan fingerprint density at radius 3 is 2.59 bits per heavy atom. The van der Waals surface area contributed by atoms with Crippen LogP contribution in [0.4, 0.5) is 14.6 Å². The molecule has 3 heterocycles. The fourth-order valence-electron chi connectivity index (χ4n) is 3.05. The topological polar surface area (TPSA) is 94.9 Å². The standard InChI is InChI=1S/C22H20F2N6O2/c1-22(23,24)15-6-8-25-18(12-15)32-16-4-3-14(11-17(16)31-2)5-7-27-20-19-21(30-13-29-20)28-10-9-26-19/h3-4,6,8-13H,5,7H2,1-2H3,(H,27,28,29,30). The molecule has 0 aliphatic rings. The SMILES string of the molecule is COc1cc(CCNc2ncnc3nccnc23)ccc1Oc1cc(C(C)(F)F)ccn1. The molecule has 1 aromatic carbocycles. The summed E-state index contributed by atoms with van der Waals surface area (Å²) in [5.41, 5.74) is 1.93. The van der Waals surface area contributed by atoms with Crippen molar-refractivity contribution in [1.29, 1.82) is 0 Å². The summed E-state index contributed by atoms with van der Waals surface area (Å²) in [5.74, 6) is -1.47. The highest BCUT2D eigenvalue weighted by molar-refractivity contribution is 5.81. The largest absolute Gasteiger partial charge is 0.493 e. The number of rotatable bonds is 8. The first-order chi connectivity index (χ1) is 15.4. The van der Waals surface area contributed by atoms with Crippen LogP contribution in [-0.2, 0) is 12.3 Å². The normalized spacial score (nSPS) is 11.4. The third kappa shape index (κ3) is 4.85. The number of fused-ring (bicyclic) bond motifs is 1. The molecule has 8 nitrogen and oxygen atoms in total. The number of anilines is 1. The molecule has 164 valence electrons. The molecule has 0 aliphatic carbocycles. The van der Waals surface area contributed by atoms with Crippen LogP contribution in [0.15, 0.2) is 55.2 Å². The average Bonchev–Trinajstić information content (AvgIpc) is 2.80. The maximum atomic E-state index is 13.6. The Kier molecular flexibility index (Phi) is 6.02. The summed E-state index contributed by atoms with van der Waals surface area (Å²) in [4.78, 5) is 20.8. The van der Waals surface area contributed by atoms with Crippen molar-refractivity contribution in [2.75, 3.05) is 19.0 Å². The van der Waals surface area contributed by atoms with Gasteiger partial charge in [-0.3, -0.25) is 0 Å². The highest BCUT2D eigenvalue weighted by Gasteiger charge is 2.25. The van der Waals surface area contributed by atoms with Crippen LogP contribution in [0.5, 0.6) is 17.4 Å². The van der Waals surface area contributed by atoms with Gasteiger partial charge in [0.1, 0.15) is 11.8 Å². The van der Waals surface area contributed by atoms with E-state index in [1.165, 1.54) is 31.8 Å². The molecule has 0 spiro atoms. The van der Waals surface area contributed by atoms with Crippen molar-refractivity contribution in [3.8, 4) is 17.4 Å². The number of aromatic nitrogens is 5. The van der Waals surface area contributed by atoms with Gasteiger partial charge in [0.05, 0.1) is 7.11 Å². The highest BCUT2D eigenvalue weighted by atomic mass is 19.3. The number of alkyl halides is 2. The number of ether oxygens (including phenoxy) is 2. The molecule has 0 aliphatic heterocycles. The van der Waals surface area contributed by atoms with E-state index in [0.29, 0.717) is 41.4 Å². The van der Waals surface area contributed by atoms with Crippen LogP contribution in [0.25, 0.3) is 11.2 Å². The van der Waals surface area contributed by atoms with Crippen LogP contribution < -0.4 is 14.8 Å². The number of benzene rings is 1. The first-order valence-corrected chi connectivity index (χ1v) is 9.79. The molecule has 0 fully saturated rings. The minimum Gasteiger partial charge on any atom is -0.493 e. The van der Waals surface area contributed by atoms with E-state index in [-0.39, 0.29) is 11.4 Å². The summed E-state index contributed by atoms with van der Waals surface area (Å²) in [5, 5.41) is 3.24. The number of hydrogen-bond acceptors (Lipinski definition) is 8. The zero-order valence-electron chi connectivity index (χ0n) is 17.4. The second-order valence-corrected chi connectivity index (χ2v) is 6.99. The van der Waals surface area contributed by atoms with Gasteiger partial charge >= 0.3 is 0 Å². The number of pyridine rings is 1. The minimum atomic E-state index is -2.98. The summed E-state index contributed by atoms with van der Waals surface area (Å²) in [6.07, 6.45) is 6.56. The second kappa shape index (κ2) is 9.04. The number of hydrogen-bond donors (Lipinski definition) is 1. The number of halogens is 2. The van der Waals surface area contributed by atoms with Crippen LogP contribution in [0, 0.1) is 0 Å². The molecule has 0 amide bonds. The van der Waals surface area contributed by atoms with Gasteiger partial charge in [0.25, 0.3) is 5.92 Å². The van der Waals surface area contributed by atoms with Crippen molar-refractivity contribution in [2.45, 2.75) is 19.3 Å². The summed E-state index contributed by atoms with van der Waals surface area (Å²) in [6.45, 7) is 1.41. The summed E-state index contributed by atoms with van der Waals surface area (Å²) in [7, 11) is 1.51. The van der Waals surface area contributed by atoms with Crippen LogP contribution in [0.3, 0.4) is 0 Å². The molecular formula is C22H20F2N6O2. The molecule has 4 aromatic rings. The van der Waals surface area contributed by atoms with Crippen molar-refractivity contribution in [2.24, 2.45) is 0 Å². The van der Waals surface area contributed by atoms with Crippen LogP contribution in [0.2, 0.25) is 0 Å². The lowest BCUT2D eigenvalue weighted by Crippen LogP contribution is -2.08. The molecule has 0 saturated carbocycles. The molecule has 0 atom stereocenters. The zero-order valence-corrected chi connectivity index (χ0v) is 17.4. The molecule has 3 aromatic heterocycles. The summed E-state index contributed by atoms with van der Waals surface area (Å²) in [6, 6.07) is 7.89. The van der Waals surface area contributed by atoms with Crippen LogP contribution in [0.1, 0.15) is 18.1 Å². The molecule has 0 saturated heterocycles. The van der Waals surface area contributed by atoms with E-state index in [1.54, 1.807) is 18.5 Å². The van der Waals surface area contributed by atoms with E-state index in [4.69, 9.17) is 9.47 Å². The first-order valence-electron chi connectivity index (χ1n) is 9.79. The number of nitrogens with one attached hydrogen (secondary N) is 1. The number of nitrogens with zero attached hydrogens (tertiary/aromatic N) is 5. The zero-order chi connectivity index (χ0) is 22.6. The van der Waals surface area contributed by atoms with Crippen molar-refractivity contribution in [3.63, 3.8) is 0 Å². The molecular weight excluding hydrogens is 418 g/mol. The monoisotopic (exact) mass is 438 g/mol. The minimum absolute atomic E-state index is 0.0634. The quantitative estimate of drug-likeness (QED) is 0.433. The van der Waals surface area contributed by atoms with Gasteiger partial charge in [-0.2, -0.15) is 0 Å².